The van der Waals surface area contributed by atoms with Gasteiger partial charge in [0.2, 0.25) is 11.8 Å². The van der Waals surface area contributed by atoms with Crippen LogP contribution in [0.25, 0.3) is 5.69 Å². The molecule has 0 aliphatic heterocycles. The molecular weight excluding hydrogens is 350 g/mol. The molecule has 0 atom stereocenters. The van der Waals surface area contributed by atoms with Crippen LogP contribution in [0.3, 0.4) is 0 Å². The molecule has 1 aromatic heterocycles. The molecule has 0 radical (unpaired) electrons. The molecule has 0 spiro atoms. The number of hydrogen-bond donors (Lipinski definition) is 2. The normalized spacial score (nSPS) is 14.8. The number of amides is 2. The highest BCUT2D eigenvalue weighted by molar-refractivity contribution is 7.99. The Labute approximate surface area is 157 Å². The van der Waals surface area contributed by atoms with Crippen molar-refractivity contribution in [3.05, 3.63) is 30.6 Å². The van der Waals surface area contributed by atoms with E-state index in [1.165, 1.54) is 37.9 Å². The fraction of sp³-hybridized carbons (Fsp3) is 0.444. The van der Waals surface area contributed by atoms with Crippen molar-refractivity contribution in [3.8, 4) is 5.69 Å². The summed E-state index contributed by atoms with van der Waals surface area (Å²) in [5, 5.41) is 14.6. The van der Waals surface area contributed by atoms with Gasteiger partial charge in [-0.2, -0.15) is 0 Å². The average Bonchev–Trinajstić information content (AvgIpc) is 3.09. The standard InChI is InChI=1S/C18H23N5O2S/c1-13(24)20-15-8-5-9-16(10-15)23-12-19-22-18(23)26-11-17(25)21-14-6-3-2-4-7-14/h5,8-10,12,14H,2-4,6-7,11H2,1H3,(H,20,24)(H,21,25). The first-order valence-corrected chi connectivity index (χ1v) is 9.80. The number of carbonyl (C=O) groups excluding carboxylic acids is 2. The van der Waals surface area contributed by atoms with Gasteiger partial charge >= 0.3 is 0 Å². The van der Waals surface area contributed by atoms with Gasteiger partial charge in [-0.25, -0.2) is 0 Å². The van der Waals surface area contributed by atoms with Crippen LogP contribution >= 0.6 is 11.8 Å². The third kappa shape index (κ3) is 5.08. The number of hydrogen-bond acceptors (Lipinski definition) is 5. The highest BCUT2D eigenvalue weighted by Crippen LogP contribution is 2.22. The van der Waals surface area contributed by atoms with Gasteiger partial charge in [0, 0.05) is 18.7 Å². The molecule has 0 saturated heterocycles. The van der Waals surface area contributed by atoms with E-state index in [1.807, 2.05) is 28.8 Å². The number of nitrogens with zero attached hydrogens (tertiary/aromatic N) is 3. The number of anilines is 1. The molecule has 1 aliphatic carbocycles. The molecule has 1 aromatic carbocycles. The van der Waals surface area contributed by atoms with E-state index in [0.29, 0.717) is 22.6 Å². The summed E-state index contributed by atoms with van der Waals surface area (Å²) in [6.07, 6.45) is 7.40. The SMILES string of the molecule is CC(=O)Nc1cccc(-n2cnnc2SCC(=O)NC2CCCCC2)c1. The van der Waals surface area contributed by atoms with Crippen molar-refractivity contribution in [1.29, 1.82) is 0 Å². The van der Waals surface area contributed by atoms with Crippen LogP contribution in [-0.4, -0.2) is 38.4 Å². The molecule has 7 nitrogen and oxygen atoms in total. The molecule has 1 fully saturated rings. The Kier molecular flexibility index (Phi) is 6.27. The zero-order valence-corrected chi connectivity index (χ0v) is 15.6. The maximum atomic E-state index is 12.2. The van der Waals surface area contributed by atoms with Crippen LogP contribution in [0, 0.1) is 0 Å². The summed E-state index contributed by atoms with van der Waals surface area (Å²) in [7, 11) is 0. The first kappa shape index (κ1) is 18.4. The van der Waals surface area contributed by atoms with Crippen LogP contribution in [0.4, 0.5) is 5.69 Å². The quantitative estimate of drug-likeness (QED) is 0.760. The van der Waals surface area contributed by atoms with E-state index in [4.69, 9.17) is 0 Å². The van der Waals surface area contributed by atoms with Crippen molar-refractivity contribution in [2.45, 2.75) is 50.2 Å². The Morgan fingerprint density at radius 3 is 2.85 bits per heavy atom. The van der Waals surface area contributed by atoms with Gasteiger partial charge in [-0.3, -0.25) is 14.2 Å². The van der Waals surface area contributed by atoms with E-state index < -0.39 is 0 Å². The number of carbonyl (C=O) groups is 2. The van der Waals surface area contributed by atoms with E-state index >= 15 is 0 Å². The fourth-order valence-electron chi connectivity index (χ4n) is 3.08. The maximum absolute atomic E-state index is 12.2. The fourth-order valence-corrected chi connectivity index (χ4v) is 3.82. The summed E-state index contributed by atoms with van der Waals surface area (Å²) in [5.41, 5.74) is 1.53. The zero-order valence-electron chi connectivity index (χ0n) is 14.8. The topological polar surface area (TPSA) is 88.9 Å². The molecule has 2 amide bonds. The van der Waals surface area contributed by atoms with Crippen molar-refractivity contribution in [3.63, 3.8) is 0 Å². The van der Waals surface area contributed by atoms with E-state index in [-0.39, 0.29) is 11.8 Å². The third-order valence-electron chi connectivity index (χ3n) is 4.26. The number of nitrogens with one attached hydrogen (secondary N) is 2. The van der Waals surface area contributed by atoms with Gasteiger partial charge in [0.15, 0.2) is 5.16 Å². The predicted octanol–water partition coefficient (Wildman–Crippen LogP) is 2.77. The summed E-state index contributed by atoms with van der Waals surface area (Å²) in [5.74, 6) is 0.212. The Bertz CT molecular complexity index is 770. The number of rotatable bonds is 6. The first-order chi connectivity index (χ1) is 12.6. The van der Waals surface area contributed by atoms with Gasteiger partial charge in [0.1, 0.15) is 6.33 Å². The summed E-state index contributed by atoms with van der Waals surface area (Å²) < 4.78 is 1.81. The summed E-state index contributed by atoms with van der Waals surface area (Å²) in [6, 6.07) is 7.73. The largest absolute Gasteiger partial charge is 0.353 e. The van der Waals surface area contributed by atoms with Gasteiger partial charge in [0.05, 0.1) is 11.4 Å². The lowest BCUT2D eigenvalue weighted by atomic mass is 9.95. The van der Waals surface area contributed by atoms with Crippen molar-refractivity contribution in [2.75, 3.05) is 11.1 Å². The van der Waals surface area contributed by atoms with E-state index in [0.717, 1.165) is 18.5 Å². The summed E-state index contributed by atoms with van der Waals surface area (Å²) >= 11 is 1.35. The summed E-state index contributed by atoms with van der Waals surface area (Å²) in [6.45, 7) is 1.47. The second-order valence-corrected chi connectivity index (χ2v) is 7.35. The Hall–Kier alpha value is -2.35. The van der Waals surface area contributed by atoms with Gasteiger partial charge < -0.3 is 10.6 Å². The highest BCUT2D eigenvalue weighted by Gasteiger charge is 2.17. The molecule has 0 unspecified atom stereocenters. The molecule has 0 bridgehead atoms. The molecule has 2 aromatic rings. The summed E-state index contributed by atoms with van der Waals surface area (Å²) in [4.78, 5) is 23.4. The van der Waals surface area contributed by atoms with Gasteiger partial charge in [0.25, 0.3) is 0 Å². The molecule has 1 saturated carbocycles. The molecule has 8 heteroatoms. The second-order valence-electron chi connectivity index (χ2n) is 6.41. The third-order valence-corrected chi connectivity index (χ3v) is 5.21. The average molecular weight is 373 g/mol. The minimum Gasteiger partial charge on any atom is -0.353 e. The zero-order chi connectivity index (χ0) is 18.4. The minimum absolute atomic E-state index is 0.0310. The minimum atomic E-state index is -0.125. The van der Waals surface area contributed by atoms with E-state index in [1.54, 1.807) is 6.33 Å². The van der Waals surface area contributed by atoms with Crippen LogP contribution in [0.15, 0.2) is 35.7 Å². The number of thioether (sulfide) groups is 1. The molecule has 1 heterocycles. The molecule has 2 N–H and O–H groups in total. The monoisotopic (exact) mass is 373 g/mol. The van der Waals surface area contributed by atoms with Crippen molar-refractivity contribution in [1.82, 2.24) is 20.1 Å². The van der Waals surface area contributed by atoms with Crippen molar-refractivity contribution < 1.29 is 9.59 Å². The smallest absolute Gasteiger partial charge is 0.230 e. The maximum Gasteiger partial charge on any atom is 0.230 e. The Morgan fingerprint density at radius 2 is 2.08 bits per heavy atom. The van der Waals surface area contributed by atoms with Crippen LogP contribution < -0.4 is 10.6 Å². The van der Waals surface area contributed by atoms with Crippen molar-refractivity contribution in [2.24, 2.45) is 0 Å². The van der Waals surface area contributed by atoms with Crippen LogP contribution in [0.1, 0.15) is 39.0 Å². The van der Waals surface area contributed by atoms with E-state index in [9.17, 15) is 9.59 Å². The van der Waals surface area contributed by atoms with Crippen LogP contribution in [-0.2, 0) is 9.59 Å². The molecule has 26 heavy (non-hydrogen) atoms. The molecular formula is C18H23N5O2S. The van der Waals surface area contributed by atoms with Crippen LogP contribution in [0.2, 0.25) is 0 Å². The van der Waals surface area contributed by atoms with E-state index in [2.05, 4.69) is 20.8 Å². The van der Waals surface area contributed by atoms with Gasteiger partial charge in [-0.05, 0) is 31.0 Å². The first-order valence-electron chi connectivity index (χ1n) is 8.82. The lowest BCUT2D eigenvalue weighted by Gasteiger charge is -2.22. The molecule has 3 rings (SSSR count). The predicted molar refractivity (Wildman–Crippen MR) is 101 cm³/mol. The number of benzene rings is 1. The van der Waals surface area contributed by atoms with Crippen molar-refractivity contribution >= 4 is 29.3 Å². The number of aromatic nitrogens is 3. The molecule has 138 valence electrons. The Morgan fingerprint density at radius 1 is 1.27 bits per heavy atom. The van der Waals surface area contributed by atoms with Crippen LogP contribution in [0.5, 0.6) is 0 Å². The highest BCUT2D eigenvalue weighted by atomic mass is 32.2. The molecule has 1 aliphatic rings. The van der Waals surface area contributed by atoms with Gasteiger partial charge in [-0.1, -0.05) is 37.1 Å². The van der Waals surface area contributed by atoms with Gasteiger partial charge in [-0.15, -0.1) is 10.2 Å². The lowest BCUT2D eigenvalue weighted by Crippen LogP contribution is -2.37. The lowest BCUT2D eigenvalue weighted by molar-refractivity contribution is -0.119. The Balaban J connectivity index is 1.61. The second kappa shape index (κ2) is 8.84.